The van der Waals surface area contributed by atoms with Crippen LogP contribution in [0, 0.1) is 0 Å². The Morgan fingerprint density at radius 1 is 0.471 bits per heavy atom. The van der Waals surface area contributed by atoms with Crippen LogP contribution < -0.4 is 82.3 Å². The van der Waals surface area contributed by atoms with Gasteiger partial charge in [-0.1, -0.05) is 30.7 Å². The lowest BCUT2D eigenvalue weighted by Gasteiger charge is -2.28. The first-order valence-electron chi connectivity index (χ1n) is 27.1. The topological polar surface area (TPSA) is 623 Å². The molecule has 0 radical (unpaired) electrons. The molecule has 482 valence electrons. The molecule has 0 heterocycles. The number of amides is 11. The van der Waals surface area contributed by atoms with Gasteiger partial charge in [-0.05, 0) is 81.0 Å². The Hall–Kier alpha value is -9.29. The number of carboxylic acid groups (broad SMARTS) is 1. The number of aliphatic hydroxyl groups excluding tert-OH is 4. The van der Waals surface area contributed by atoms with Crippen molar-refractivity contribution in [3.63, 3.8) is 0 Å². The number of benzene rings is 2. The van der Waals surface area contributed by atoms with Gasteiger partial charge in [-0.2, -0.15) is 0 Å². The molecule has 11 amide bonds. The van der Waals surface area contributed by atoms with E-state index in [1.807, 2.05) is 0 Å². The molecule has 0 aliphatic rings. The number of aliphatic imine (C=N–C) groups is 1. The van der Waals surface area contributed by atoms with Crippen LogP contribution in [0.3, 0.4) is 0 Å². The quantitative estimate of drug-likeness (QED) is 0.0167. The number of phenols is 2. The van der Waals surface area contributed by atoms with Crippen molar-refractivity contribution >= 4 is 76.9 Å². The average molecular weight is 1230 g/mol. The zero-order valence-corrected chi connectivity index (χ0v) is 47.5. The lowest BCUT2D eigenvalue weighted by molar-refractivity contribution is -0.143. The van der Waals surface area contributed by atoms with Crippen LogP contribution in [-0.2, 0) is 70.4 Å². The normalized spacial score (nSPS) is 14.7. The summed E-state index contributed by atoms with van der Waals surface area (Å²) in [6, 6.07) is -7.22. The lowest BCUT2D eigenvalue weighted by Crippen LogP contribution is -2.62. The van der Waals surface area contributed by atoms with Crippen molar-refractivity contribution in [2.75, 3.05) is 32.9 Å². The molecule has 11 atom stereocenters. The number of nitrogens with two attached hydrogens (primary N) is 6. The van der Waals surface area contributed by atoms with Gasteiger partial charge in [-0.3, -0.25) is 57.7 Å². The summed E-state index contributed by atoms with van der Waals surface area (Å²) in [6.07, 6.45) is -3.61. The minimum atomic E-state index is -2.00. The molecule has 0 saturated heterocycles. The number of hydrogen-bond donors (Lipinski definition) is 22. The highest BCUT2D eigenvalue weighted by molar-refractivity contribution is 5.99. The van der Waals surface area contributed by atoms with Crippen LogP contribution in [0.5, 0.6) is 11.5 Å². The number of aromatic hydroxyl groups is 2. The van der Waals surface area contributed by atoms with E-state index < -0.39 is 189 Å². The van der Waals surface area contributed by atoms with Crippen LogP contribution >= 0.6 is 0 Å². The maximum absolute atomic E-state index is 14.3. The number of carbonyl (C=O) groups excluding carboxylic acids is 11. The molecule has 2 aromatic rings. The zero-order chi connectivity index (χ0) is 65.5. The van der Waals surface area contributed by atoms with Crippen LogP contribution in [0.25, 0.3) is 0 Å². The van der Waals surface area contributed by atoms with E-state index in [0.29, 0.717) is 19.4 Å². The van der Waals surface area contributed by atoms with Gasteiger partial charge < -0.3 is 118 Å². The average Bonchev–Trinajstić information content (AvgIpc) is 3.63. The molecule has 2 aromatic carbocycles. The Morgan fingerprint density at radius 3 is 1.26 bits per heavy atom. The summed E-state index contributed by atoms with van der Waals surface area (Å²) in [6.45, 7) is -2.10. The highest BCUT2D eigenvalue weighted by Gasteiger charge is 2.37. The zero-order valence-electron chi connectivity index (χ0n) is 47.5. The van der Waals surface area contributed by atoms with Crippen molar-refractivity contribution in [3.8, 4) is 11.5 Å². The van der Waals surface area contributed by atoms with Crippen LogP contribution in [-0.4, -0.2) is 212 Å². The van der Waals surface area contributed by atoms with Gasteiger partial charge in [-0.15, -0.1) is 0 Å². The van der Waals surface area contributed by atoms with Gasteiger partial charge in [0.2, 0.25) is 65.0 Å². The summed E-state index contributed by atoms with van der Waals surface area (Å²) in [5, 5.41) is 90.9. The molecule has 0 saturated carbocycles. The molecule has 28 N–H and O–H groups in total. The number of hydrogen-bond acceptors (Lipinski definition) is 21. The van der Waals surface area contributed by atoms with E-state index in [2.05, 4.69) is 52.8 Å². The van der Waals surface area contributed by atoms with Crippen LogP contribution in [0.4, 0.5) is 0 Å². The smallest absolute Gasteiger partial charge is 0.326 e. The van der Waals surface area contributed by atoms with Crippen molar-refractivity contribution in [3.05, 3.63) is 59.7 Å². The summed E-state index contributed by atoms with van der Waals surface area (Å²) in [4.78, 5) is 163. The van der Waals surface area contributed by atoms with Gasteiger partial charge in [-0.25, -0.2) is 4.79 Å². The largest absolute Gasteiger partial charge is 0.508 e. The Kier molecular flexibility index (Phi) is 32.2. The molecule has 0 aromatic heterocycles. The third kappa shape index (κ3) is 27.1. The fraction of sp³-hybridized carbons (Fsp3) is 0.519. The number of aliphatic hydroxyl groups is 4. The van der Waals surface area contributed by atoms with Gasteiger partial charge >= 0.3 is 5.97 Å². The first kappa shape index (κ1) is 73.8. The molecule has 0 fully saturated rings. The molecule has 87 heavy (non-hydrogen) atoms. The minimum Gasteiger partial charge on any atom is -0.508 e. The molecule has 0 spiro atoms. The van der Waals surface area contributed by atoms with Gasteiger partial charge in [0.05, 0.1) is 38.4 Å². The number of carbonyl (C=O) groups is 12. The number of guanidine groups is 1. The van der Waals surface area contributed by atoms with E-state index in [9.17, 15) is 93.3 Å². The van der Waals surface area contributed by atoms with E-state index in [0.717, 1.165) is 6.92 Å². The Balaban J connectivity index is 2.45. The van der Waals surface area contributed by atoms with Crippen molar-refractivity contribution in [2.24, 2.45) is 39.4 Å². The summed E-state index contributed by atoms with van der Waals surface area (Å²) in [5.74, 6) is -15.0. The van der Waals surface area contributed by atoms with Gasteiger partial charge in [0.15, 0.2) is 5.96 Å². The second-order valence-corrected chi connectivity index (χ2v) is 19.9. The van der Waals surface area contributed by atoms with Gasteiger partial charge in [0, 0.05) is 25.8 Å². The fourth-order valence-corrected chi connectivity index (χ4v) is 7.94. The minimum absolute atomic E-state index is 0.00294. The van der Waals surface area contributed by atoms with E-state index in [1.54, 1.807) is 0 Å². The number of carboxylic acids is 1. The standard InChI is InChI=1S/C52H80N16O19/c1-25(72)41(68-46(81)35(21-40(56)76)62-42(77)30(54)5-2-3-17-53)50(85)64-34(20-27-9-13-29(74)14-10-27)44(79)60-31(15-16-39(55)75)43(78)65-37(23-70)48(83)63-33(19-26-7-11-28(73)12-8-26)45(80)66-38(24-71)49(84)67-36(22-69)47(82)61-32(51(86)87)6-4-18-59-52(57)58/h7-14,25,30-38,41,69-74H,2-6,15-24,53-54H2,1H3,(H2,55,75)(H2,56,76)(H,60,79)(H,61,82)(H,62,77)(H,63,83)(H,64,85)(H,65,78)(H,66,80)(H,67,84)(H,68,81)(H,86,87)(H4,57,58,59)/t25-,30+,31+,32+,33+,34+,35+,36+,37+,38+,41+/m1/s1. The SMILES string of the molecule is C[C@@H](O)[C@H](NC(=O)[C@H](CC(N)=O)NC(=O)[C@@H](N)CCCCN)C(=O)N[C@@H](Cc1ccc(O)cc1)C(=O)N[C@@H](CCC(N)=O)C(=O)N[C@@H](CO)C(=O)N[C@@H](Cc1ccc(O)cc1)C(=O)N[C@@H](CO)C(=O)N[C@@H](CO)C(=O)N[C@@H](CCCN=C(N)N)C(=O)O. The lowest BCUT2D eigenvalue weighted by atomic mass is 10.0. The summed E-state index contributed by atoms with van der Waals surface area (Å²) in [5.41, 5.74) is 33.2. The maximum atomic E-state index is 14.3. The molecule has 0 aliphatic heterocycles. The third-order valence-electron chi connectivity index (χ3n) is 12.7. The molecule has 0 aliphatic carbocycles. The van der Waals surface area contributed by atoms with Crippen molar-refractivity contribution < 1.29 is 93.3 Å². The third-order valence-corrected chi connectivity index (χ3v) is 12.7. The molecule has 2 rings (SSSR count). The van der Waals surface area contributed by atoms with Crippen molar-refractivity contribution in [1.29, 1.82) is 0 Å². The molecule has 0 unspecified atom stereocenters. The fourth-order valence-electron chi connectivity index (χ4n) is 7.94. The first-order chi connectivity index (χ1) is 41.0. The number of unbranched alkanes of at least 4 members (excludes halogenated alkanes) is 1. The van der Waals surface area contributed by atoms with E-state index in [4.69, 9.17) is 34.4 Å². The molecule has 35 nitrogen and oxygen atoms in total. The second kappa shape index (κ2) is 37.9. The van der Waals surface area contributed by atoms with E-state index >= 15 is 0 Å². The predicted octanol–water partition coefficient (Wildman–Crippen LogP) is -9.66. The Bertz CT molecular complexity index is 2700. The van der Waals surface area contributed by atoms with E-state index in [1.165, 1.54) is 48.5 Å². The van der Waals surface area contributed by atoms with Crippen molar-refractivity contribution in [1.82, 2.24) is 47.9 Å². The monoisotopic (exact) mass is 1230 g/mol. The maximum Gasteiger partial charge on any atom is 0.326 e. The molecular formula is C52H80N16O19. The number of nitrogens with one attached hydrogen (secondary N) is 9. The highest BCUT2D eigenvalue weighted by Crippen LogP contribution is 2.15. The number of nitrogens with zero attached hydrogens (tertiary/aromatic N) is 1. The molecular weight excluding hydrogens is 1150 g/mol. The van der Waals surface area contributed by atoms with Crippen molar-refractivity contribution in [2.45, 2.75) is 138 Å². The van der Waals surface area contributed by atoms with Crippen LogP contribution in [0.1, 0.15) is 69.4 Å². The van der Waals surface area contributed by atoms with Crippen LogP contribution in [0.2, 0.25) is 0 Å². The highest BCUT2D eigenvalue weighted by atomic mass is 16.4. The number of rotatable bonds is 40. The number of primary amides is 2. The summed E-state index contributed by atoms with van der Waals surface area (Å²) >= 11 is 0. The Labute approximate surface area is 497 Å². The van der Waals surface area contributed by atoms with Gasteiger partial charge in [0.25, 0.3) is 0 Å². The Morgan fingerprint density at radius 2 is 0.862 bits per heavy atom. The molecule has 0 bridgehead atoms. The summed E-state index contributed by atoms with van der Waals surface area (Å²) < 4.78 is 0. The van der Waals surface area contributed by atoms with Gasteiger partial charge in [0.1, 0.15) is 65.9 Å². The number of aliphatic carboxylic acids is 1. The summed E-state index contributed by atoms with van der Waals surface area (Å²) in [7, 11) is 0. The number of phenolic OH excluding ortho intramolecular Hbond substituents is 2. The molecule has 35 heteroatoms. The second-order valence-electron chi connectivity index (χ2n) is 19.9. The first-order valence-corrected chi connectivity index (χ1v) is 27.1. The van der Waals surface area contributed by atoms with E-state index in [-0.39, 0.29) is 54.4 Å². The predicted molar refractivity (Wildman–Crippen MR) is 305 cm³/mol. The van der Waals surface area contributed by atoms with Crippen LogP contribution in [0.15, 0.2) is 53.5 Å².